The van der Waals surface area contributed by atoms with Crippen molar-refractivity contribution in [2.75, 3.05) is 6.61 Å². The maximum atomic E-state index is 12.8. The van der Waals surface area contributed by atoms with Crippen molar-refractivity contribution in [3.05, 3.63) is 12.2 Å². The molecule has 3 heteroatoms. The summed E-state index contributed by atoms with van der Waals surface area (Å²) < 4.78 is 5.26. The van der Waals surface area contributed by atoms with Gasteiger partial charge in [-0.3, -0.25) is 9.59 Å². The van der Waals surface area contributed by atoms with Crippen molar-refractivity contribution in [3.8, 4) is 0 Å². The first-order chi connectivity index (χ1) is 13.7. The molecule has 3 nitrogen and oxygen atoms in total. The highest BCUT2D eigenvalue weighted by atomic mass is 16.5. The molecule has 0 saturated heterocycles. The highest BCUT2D eigenvalue weighted by molar-refractivity contribution is 5.99. The van der Waals surface area contributed by atoms with E-state index < -0.39 is 5.92 Å². The van der Waals surface area contributed by atoms with Crippen LogP contribution in [0.15, 0.2) is 12.2 Å². The SMILES string of the molecule is C=C(C)[C@H]1CC[C@H]2C3CC[C@H]4CC(C(=O)OCC)C(=O)CC[C@]4(C)[C@H]3CC[C@]12C. The van der Waals surface area contributed by atoms with Crippen LogP contribution in [0.25, 0.3) is 0 Å². The van der Waals surface area contributed by atoms with Crippen LogP contribution in [0.4, 0.5) is 0 Å². The van der Waals surface area contributed by atoms with Crippen LogP contribution in [0.5, 0.6) is 0 Å². The number of rotatable bonds is 3. The van der Waals surface area contributed by atoms with Crippen LogP contribution in [0.1, 0.15) is 85.5 Å². The predicted molar refractivity (Wildman–Crippen MR) is 115 cm³/mol. The lowest BCUT2D eigenvalue weighted by molar-refractivity contribution is -0.152. The Labute approximate surface area is 177 Å². The molecule has 0 aliphatic heterocycles. The van der Waals surface area contributed by atoms with Crippen LogP contribution < -0.4 is 0 Å². The topological polar surface area (TPSA) is 43.4 Å². The van der Waals surface area contributed by atoms with Gasteiger partial charge in [-0.2, -0.15) is 0 Å². The van der Waals surface area contributed by atoms with Gasteiger partial charge >= 0.3 is 5.97 Å². The number of carbonyl (C=O) groups is 2. The summed E-state index contributed by atoms with van der Waals surface area (Å²) in [6.07, 6.45) is 9.91. The Hall–Kier alpha value is -1.12. The van der Waals surface area contributed by atoms with Gasteiger partial charge in [0.2, 0.25) is 0 Å². The molecule has 0 aromatic rings. The molecule has 162 valence electrons. The molecule has 0 amide bonds. The largest absolute Gasteiger partial charge is 0.465 e. The summed E-state index contributed by atoms with van der Waals surface area (Å²) in [7, 11) is 0. The Morgan fingerprint density at radius 1 is 1.07 bits per heavy atom. The number of hydrogen-bond donors (Lipinski definition) is 0. The van der Waals surface area contributed by atoms with Crippen LogP contribution in [0.2, 0.25) is 0 Å². The van der Waals surface area contributed by atoms with Gasteiger partial charge in [0.05, 0.1) is 6.61 Å². The van der Waals surface area contributed by atoms with Crippen molar-refractivity contribution in [2.24, 2.45) is 46.3 Å². The minimum absolute atomic E-state index is 0.125. The smallest absolute Gasteiger partial charge is 0.316 e. The van der Waals surface area contributed by atoms with E-state index in [1.807, 2.05) is 6.92 Å². The number of esters is 1. The minimum Gasteiger partial charge on any atom is -0.465 e. The lowest BCUT2D eigenvalue weighted by Crippen LogP contribution is -2.51. The third-order valence-corrected chi connectivity index (χ3v) is 10.1. The Kier molecular flexibility index (Phi) is 5.49. The predicted octanol–water partition coefficient (Wildman–Crippen LogP) is 5.97. The zero-order valence-electron chi connectivity index (χ0n) is 19.0. The fraction of sp³-hybridized carbons (Fsp3) is 0.846. The molecular weight excluding hydrogens is 360 g/mol. The van der Waals surface area contributed by atoms with Crippen LogP contribution in [0.3, 0.4) is 0 Å². The van der Waals surface area contributed by atoms with Gasteiger partial charge in [-0.05, 0) is 106 Å². The van der Waals surface area contributed by atoms with Gasteiger partial charge in [0.25, 0.3) is 0 Å². The fourth-order valence-electron chi connectivity index (χ4n) is 8.57. The summed E-state index contributed by atoms with van der Waals surface area (Å²) in [4.78, 5) is 25.3. The Morgan fingerprint density at radius 3 is 2.48 bits per heavy atom. The highest BCUT2D eigenvalue weighted by Crippen LogP contribution is 2.67. The molecule has 0 aromatic carbocycles. The average molecular weight is 401 g/mol. The summed E-state index contributed by atoms with van der Waals surface area (Å²) in [5.74, 6) is 2.78. The third kappa shape index (κ3) is 3.22. The second-order valence-electron chi connectivity index (χ2n) is 11.2. The van der Waals surface area contributed by atoms with Gasteiger partial charge in [0, 0.05) is 6.42 Å². The molecule has 29 heavy (non-hydrogen) atoms. The highest BCUT2D eigenvalue weighted by Gasteiger charge is 2.60. The summed E-state index contributed by atoms with van der Waals surface area (Å²) >= 11 is 0. The van der Waals surface area contributed by atoms with Gasteiger partial charge in [-0.15, -0.1) is 0 Å². The average Bonchev–Trinajstić information content (AvgIpc) is 2.96. The molecule has 4 saturated carbocycles. The van der Waals surface area contributed by atoms with Crippen molar-refractivity contribution in [2.45, 2.75) is 85.5 Å². The number of carbonyl (C=O) groups excluding carboxylic acids is 2. The number of Topliss-reactive ketones (excluding diaryl/α,β-unsaturated/α-hetero) is 1. The molecule has 4 rings (SSSR count). The van der Waals surface area contributed by atoms with E-state index >= 15 is 0 Å². The van der Waals surface area contributed by atoms with E-state index in [0.717, 1.165) is 18.3 Å². The third-order valence-electron chi connectivity index (χ3n) is 10.1. The van der Waals surface area contributed by atoms with Crippen LogP contribution in [0, 0.1) is 46.3 Å². The van der Waals surface area contributed by atoms with E-state index in [4.69, 9.17) is 4.74 Å². The summed E-state index contributed by atoms with van der Waals surface area (Å²) in [6.45, 7) is 13.8. The quantitative estimate of drug-likeness (QED) is 0.333. The second-order valence-corrected chi connectivity index (χ2v) is 11.2. The summed E-state index contributed by atoms with van der Waals surface area (Å²) in [5, 5.41) is 0. The molecule has 0 radical (unpaired) electrons. The lowest BCUT2D eigenvalue weighted by Gasteiger charge is -2.59. The molecular formula is C26H40O3. The van der Waals surface area contributed by atoms with Crippen molar-refractivity contribution in [3.63, 3.8) is 0 Å². The zero-order valence-corrected chi connectivity index (χ0v) is 19.0. The summed E-state index contributed by atoms with van der Waals surface area (Å²) in [6, 6.07) is 0. The number of allylic oxidation sites excluding steroid dienone is 1. The normalized spacial score (nSPS) is 46.8. The number of hydrogen-bond acceptors (Lipinski definition) is 3. The second kappa shape index (κ2) is 7.54. The Bertz CT molecular complexity index is 696. The maximum Gasteiger partial charge on any atom is 0.316 e. The van der Waals surface area contributed by atoms with E-state index in [1.165, 1.54) is 44.1 Å². The van der Waals surface area contributed by atoms with Crippen LogP contribution in [-0.2, 0) is 14.3 Å². The molecule has 4 aliphatic rings. The van der Waals surface area contributed by atoms with Gasteiger partial charge in [0.15, 0.2) is 0 Å². The minimum atomic E-state index is -0.522. The molecule has 0 aromatic heterocycles. The molecule has 8 atom stereocenters. The lowest BCUT2D eigenvalue weighted by atomic mass is 9.46. The maximum absolute atomic E-state index is 12.8. The van der Waals surface area contributed by atoms with Gasteiger partial charge in [0.1, 0.15) is 11.7 Å². The first-order valence-corrected chi connectivity index (χ1v) is 12.1. The molecule has 4 aliphatic carbocycles. The molecule has 4 fully saturated rings. The monoisotopic (exact) mass is 400 g/mol. The summed E-state index contributed by atoms with van der Waals surface area (Å²) in [5.41, 5.74) is 2.00. The first-order valence-electron chi connectivity index (χ1n) is 12.1. The van der Waals surface area contributed by atoms with E-state index in [2.05, 4.69) is 27.4 Å². The van der Waals surface area contributed by atoms with Crippen molar-refractivity contribution < 1.29 is 14.3 Å². The van der Waals surface area contributed by atoms with Gasteiger partial charge in [-0.1, -0.05) is 26.0 Å². The van der Waals surface area contributed by atoms with Crippen molar-refractivity contribution in [1.82, 2.24) is 0 Å². The van der Waals surface area contributed by atoms with Crippen molar-refractivity contribution in [1.29, 1.82) is 0 Å². The molecule has 0 N–H and O–H groups in total. The van der Waals surface area contributed by atoms with Crippen LogP contribution >= 0.6 is 0 Å². The Balaban J connectivity index is 1.58. The van der Waals surface area contributed by atoms with Crippen LogP contribution in [-0.4, -0.2) is 18.4 Å². The Morgan fingerprint density at radius 2 is 1.79 bits per heavy atom. The number of ether oxygens (including phenoxy) is 1. The molecule has 2 unspecified atom stereocenters. The van der Waals surface area contributed by atoms with Gasteiger partial charge in [-0.25, -0.2) is 0 Å². The first kappa shape index (κ1) is 21.1. The standard InChI is InChI=1S/C26H40O3/c1-6-29-24(28)19-15-17-7-8-18-21-10-9-20(16(2)3)26(21,5)13-11-22(18)25(17,4)14-12-23(19)27/h17-22H,2,6-15H2,1,3-5H3/t17-,18?,19?,20+,21-,22-,25-,26+/m0/s1. The number of fused-ring (bicyclic) bond motifs is 5. The zero-order chi connectivity index (χ0) is 21.0. The molecule has 0 spiro atoms. The van der Waals surface area contributed by atoms with E-state index in [0.29, 0.717) is 42.6 Å². The molecule has 0 bridgehead atoms. The van der Waals surface area contributed by atoms with Gasteiger partial charge < -0.3 is 4.74 Å². The van der Waals surface area contributed by atoms with E-state index in [1.54, 1.807) is 0 Å². The molecule has 0 heterocycles. The van der Waals surface area contributed by atoms with E-state index in [9.17, 15) is 9.59 Å². The fourth-order valence-corrected chi connectivity index (χ4v) is 8.57. The van der Waals surface area contributed by atoms with E-state index in [-0.39, 0.29) is 17.2 Å². The number of ketones is 1. The van der Waals surface area contributed by atoms with Crippen molar-refractivity contribution >= 4 is 11.8 Å².